The maximum absolute atomic E-state index is 2.69. The lowest BCUT2D eigenvalue weighted by Crippen LogP contribution is -2.64. The highest BCUT2D eigenvalue weighted by atomic mass is 32.2. The van der Waals surface area contributed by atoms with E-state index in [1.807, 2.05) is 11.8 Å². The molecule has 0 unspecified atom stereocenters. The van der Waals surface area contributed by atoms with Crippen LogP contribution in [0.5, 0.6) is 0 Å². The Hall–Kier alpha value is -13.8. The number of benzene rings is 17. The third-order valence-electron chi connectivity index (χ3n) is 22.8. The monoisotopic (exact) mass is 1430 g/mol. The highest BCUT2D eigenvalue weighted by Gasteiger charge is 2.48. The van der Waals surface area contributed by atoms with Crippen molar-refractivity contribution < 1.29 is 0 Å². The first-order chi connectivity index (χ1) is 55.0. The first-order valence-electron chi connectivity index (χ1n) is 38.3. The molecular formula is C103H71B2N5S. The fraction of sp³-hybridized carbons (Fsp3) is 0.00971. The van der Waals surface area contributed by atoms with Crippen molar-refractivity contribution in [2.45, 2.75) is 16.7 Å². The molecule has 4 aliphatic rings. The van der Waals surface area contributed by atoms with Crippen LogP contribution in [-0.4, -0.2) is 13.4 Å². The van der Waals surface area contributed by atoms with Crippen molar-refractivity contribution in [2.24, 2.45) is 0 Å². The number of fused-ring (bicyclic) bond motifs is 8. The Balaban J connectivity index is 0.848. The minimum absolute atomic E-state index is 0.154. The van der Waals surface area contributed by atoms with Gasteiger partial charge in [-0.15, -0.1) is 0 Å². The molecule has 0 fully saturated rings. The molecule has 4 aliphatic heterocycles. The third kappa shape index (κ3) is 11.2. The fourth-order valence-corrected chi connectivity index (χ4v) is 19.1. The Morgan fingerprint density at radius 3 is 1.09 bits per heavy atom. The molecule has 111 heavy (non-hydrogen) atoms. The van der Waals surface area contributed by atoms with Crippen LogP contribution in [0.3, 0.4) is 0 Å². The van der Waals surface area contributed by atoms with Crippen molar-refractivity contribution in [3.8, 4) is 55.6 Å². The summed E-state index contributed by atoms with van der Waals surface area (Å²) in [7, 11) is 0. The predicted molar refractivity (Wildman–Crippen MR) is 472 cm³/mol. The second-order valence-electron chi connectivity index (χ2n) is 29.1. The summed E-state index contributed by atoms with van der Waals surface area (Å²) >= 11 is 1.91. The Morgan fingerprint density at radius 1 is 0.234 bits per heavy atom. The van der Waals surface area contributed by atoms with E-state index in [0.29, 0.717) is 0 Å². The first kappa shape index (κ1) is 65.5. The minimum Gasteiger partial charge on any atom is -0.311 e. The van der Waals surface area contributed by atoms with Crippen molar-refractivity contribution in [1.82, 2.24) is 0 Å². The van der Waals surface area contributed by atoms with E-state index >= 15 is 0 Å². The van der Waals surface area contributed by atoms with Crippen molar-refractivity contribution in [1.29, 1.82) is 0 Å². The number of para-hydroxylation sites is 7. The molecule has 0 aromatic heterocycles. The van der Waals surface area contributed by atoms with Gasteiger partial charge in [0.05, 0.1) is 22.7 Å². The van der Waals surface area contributed by atoms with Gasteiger partial charge in [-0.25, -0.2) is 0 Å². The number of aryl methyl sites for hydroxylation is 1. The van der Waals surface area contributed by atoms with Crippen molar-refractivity contribution in [2.75, 3.05) is 24.5 Å². The van der Waals surface area contributed by atoms with Gasteiger partial charge in [0.2, 0.25) is 6.71 Å². The summed E-state index contributed by atoms with van der Waals surface area (Å²) in [6.07, 6.45) is 0. The Morgan fingerprint density at radius 2 is 0.604 bits per heavy atom. The SMILES string of the molecule is Cc1cccc(-c2ccccc2)c1N1c2cc3c(cc2B2c4ccccc4N(c4ccccc4)c4cc(N(c5ccc(-c6ccccc6)cc5)c5ccccc5-c5ccccc5)cc1c42)B1c2ccccc2N(c2ccccc2)c2cc(N(c4ccc(-c5ccccc5)cc4)c4ccccc4-c4ccccc4)cc(c21)S3. The number of hydrogen-bond acceptors (Lipinski definition) is 6. The van der Waals surface area contributed by atoms with Gasteiger partial charge in [-0.2, -0.15) is 0 Å². The van der Waals surface area contributed by atoms with Crippen molar-refractivity contribution in [3.05, 3.63) is 418 Å². The Bertz CT molecular complexity index is 6390. The maximum atomic E-state index is 2.69. The Kier molecular flexibility index (Phi) is 16.2. The van der Waals surface area contributed by atoms with Crippen LogP contribution in [0.4, 0.5) is 85.3 Å². The standard InChI is InChI=1S/C103H71B2N5S/c1-70-32-31-49-86(77-41-17-6-18-42-77)103(70)110-95-69-99-90(105-88-51-26-30-55-94(88)109(79-45-21-8-22-46-79)98-66-83(67-100(111-99)102(98)105)107(81-62-58-74(59-63-81)72-35-11-3-12-36-72)92-53-28-24-48-85(92)76-39-15-5-16-40-76)68-89(95)104-87-50-25-29-54-93(87)108(78-43-19-7-20-44-78)96-64-82(65-97(110)101(96)104)106(80-60-56-73(57-61-80)71-33-9-2-10-34-71)91-52-27-23-47-84(91)75-37-13-4-14-38-75/h2-69H,1H3. The summed E-state index contributed by atoms with van der Waals surface area (Å²) in [5.41, 5.74) is 36.8. The van der Waals surface area contributed by atoms with E-state index in [9.17, 15) is 0 Å². The number of anilines is 15. The summed E-state index contributed by atoms with van der Waals surface area (Å²) < 4.78 is 0. The highest BCUT2D eigenvalue weighted by Crippen LogP contribution is 2.54. The number of rotatable bonds is 14. The molecule has 0 bridgehead atoms. The molecule has 5 nitrogen and oxygen atoms in total. The van der Waals surface area contributed by atoms with Gasteiger partial charge in [0.25, 0.3) is 6.71 Å². The molecule has 17 aromatic rings. The van der Waals surface area contributed by atoms with E-state index in [2.05, 4.69) is 444 Å². The second-order valence-corrected chi connectivity index (χ2v) is 30.2. The largest absolute Gasteiger partial charge is 0.311 e. The smallest absolute Gasteiger partial charge is 0.252 e. The summed E-state index contributed by atoms with van der Waals surface area (Å²) in [5, 5.41) is 0. The quantitative estimate of drug-likeness (QED) is 0.100. The van der Waals surface area contributed by atoms with Crippen LogP contribution in [0.2, 0.25) is 0 Å². The van der Waals surface area contributed by atoms with Gasteiger partial charge >= 0.3 is 0 Å². The van der Waals surface area contributed by atoms with Gasteiger partial charge in [-0.1, -0.05) is 327 Å². The lowest BCUT2D eigenvalue weighted by atomic mass is 9.31. The summed E-state index contributed by atoms with van der Waals surface area (Å²) in [6.45, 7) is 1.95. The minimum atomic E-state index is -0.212. The van der Waals surface area contributed by atoms with Crippen LogP contribution in [-0.2, 0) is 0 Å². The lowest BCUT2D eigenvalue weighted by molar-refractivity contribution is 1.21. The molecule has 0 saturated heterocycles. The molecule has 0 radical (unpaired) electrons. The van der Waals surface area contributed by atoms with E-state index < -0.39 is 0 Å². The van der Waals surface area contributed by atoms with E-state index in [0.717, 1.165) is 130 Å². The van der Waals surface area contributed by atoms with Crippen LogP contribution in [0.15, 0.2) is 422 Å². The van der Waals surface area contributed by atoms with Gasteiger partial charge in [-0.3, -0.25) is 0 Å². The van der Waals surface area contributed by atoms with Crippen LogP contribution in [0, 0.1) is 6.92 Å². The van der Waals surface area contributed by atoms with Gasteiger partial charge in [-0.05, 0) is 182 Å². The molecular weight excluding hydrogens is 1360 g/mol. The van der Waals surface area contributed by atoms with Crippen molar-refractivity contribution >= 4 is 143 Å². The van der Waals surface area contributed by atoms with Crippen molar-refractivity contribution in [3.63, 3.8) is 0 Å². The lowest BCUT2D eigenvalue weighted by Gasteiger charge is -2.46. The van der Waals surface area contributed by atoms with Crippen LogP contribution in [0.25, 0.3) is 55.6 Å². The Labute approximate surface area is 653 Å². The van der Waals surface area contributed by atoms with E-state index in [1.165, 1.54) is 59.3 Å². The zero-order valence-corrected chi connectivity index (χ0v) is 61.9. The van der Waals surface area contributed by atoms with Gasteiger partial charge in [0.1, 0.15) is 0 Å². The molecule has 17 aromatic carbocycles. The van der Waals surface area contributed by atoms with E-state index in [-0.39, 0.29) is 13.4 Å². The molecule has 0 spiro atoms. The van der Waals surface area contributed by atoms with Crippen LogP contribution < -0.4 is 57.3 Å². The van der Waals surface area contributed by atoms with Gasteiger partial charge in [0.15, 0.2) is 0 Å². The summed E-state index contributed by atoms with van der Waals surface area (Å²) in [5.74, 6) is 0. The zero-order valence-electron chi connectivity index (χ0n) is 61.1. The topological polar surface area (TPSA) is 16.2 Å². The second kappa shape index (κ2) is 27.5. The molecule has 21 rings (SSSR count). The van der Waals surface area contributed by atoms with Crippen LogP contribution in [0.1, 0.15) is 5.56 Å². The molecule has 0 N–H and O–H groups in total. The molecule has 0 atom stereocenters. The summed E-state index contributed by atoms with van der Waals surface area (Å²) in [6, 6.07) is 153. The number of hydrogen-bond donors (Lipinski definition) is 0. The zero-order chi connectivity index (χ0) is 73.5. The van der Waals surface area contributed by atoms with Gasteiger partial charge in [0, 0.05) is 89.0 Å². The average molecular weight is 1430 g/mol. The molecule has 8 heteroatoms. The maximum Gasteiger partial charge on any atom is 0.252 e. The van der Waals surface area contributed by atoms with Crippen LogP contribution >= 0.6 is 11.8 Å². The van der Waals surface area contributed by atoms with E-state index in [1.54, 1.807) is 0 Å². The molecule has 0 amide bonds. The molecule has 4 heterocycles. The highest BCUT2D eigenvalue weighted by molar-refractivity contribution is 8.00. The molecule has 0 saturated carbocycles. The van der Waals surface area contributed by atoms with Gasteiger partial charge < -0.3 is 24.5 Å². The molecule has 0 aliphatic carbocycles. The first-order valence-corrected chi connectivity index (χ1v) is 39.1. The normalized spacial score (nSPS) is 12.6. The number of nitrogens with zero attached hydrogens (tertiary/aromatic N) is 5. The predicted octanol–water partition coefficient (Wildman–Crippen LogP) is 24.1. The van der Waals surface area contributed by atoms with E-state index in [4.69, 9.17) is 0 Å². The average Bonchev–Trinajstić information content (AvgIpc) is 0.684. The summed E-state index contributed by atoms with van der Waals surface area (Å²) in [4.78, 5) is 15.2. The molecule has 520 valence electrons. The fourth-order valence-electron chi connectivity index (χ4n) is 17.9. The third-order valence-corrected chi connectivity index (χ3v) is 23.9.